The number of hydrogen-bond acceptors (Lipinski definition) is 3. The zero-order valence-corrected chi connectivity index (χ0v) is 45.5. The van der Waals surface area contributed by atoms with Crippen LogP contribution in [-0.4, -0.2) is 11.3 Å². The molecule has 5 heteroatoms. The molecule has 2 aromatic heterocycles. The third-order valence-corrected chi connectivity index (χ3v) is 16.9. The topological polar surface area (TPSA) is 11.4 Å². The highest BCUT2D eigenvalue weighted by atomic mass is 32.1. The largest absolute Gasteiger partial charge is 0.319 e. The van der Waals surface area contributed by atoms with Crippen molar-refractivity contribution in [3.05, 3.63) is 204 Å². The van der Waals surface area contributed by atoms with Crippen LogP contribution in [0.5, 0.6) is 0 Å². The molecule has 0 atom stereocenters. The van der Waals surface area contributed by atoms with Gasteiger partial charge < -0.3 is 14.4 Å². The number of hydrogen-bond donors (Lipinski definition) is 0. The Morgan fingerprint density at radius 3 is 1.42 bits per heavy atom. The van der Waals surface area contributed by atoms with Gasteiger partial charge in [-0.15, -0.1) is 11.3 Å². The minimum absolute atomic E-state index is 0.000160. The van der Waals surface area contributed by atoms with Gasteiger partial charge in [0.2, 0.25) is 0 Å². The second kappa shape index (κ2) is 16.7. The fraction of sp³-hybridized carbons (Fsp3) is 0.235. The zero-order valence-electron chi connectivity index (χ0n) is 44.6. The third kappa shape index (κ3) is 7.68. The SMILES string of the molecule is CC(C)(C)c1ccc(N2c3ccc(C(C)(C)C)cc3B3c4c2cccc4N(c2ccc(C(C)(C)C)cc2)c2c3n(-c3ccc(C(C)(C)C)cc3)c3ccc4c(-c5ccccc5)c(-c5ccccc5)sc4c23)cc1. The summed E-state index contributed by atoms with van der Waals surface area (Å²) in [5, 5.41) is 2.55. The van der Waals surface area contributed by atoms with Crippen molar-refractivity contribution in [3.8, 4) is 27.3 Å². The van der Waals surface area contributed by atoms with Crippen LogP contribution in [0.2, 0.25) is 0 Å². The van der Waals surface area contributed by atoms with Gasteiger partial charge in [0.25, 0.3) is 6.71 Å². The van der Waals surface area contributed by atoms with Crippen molar-refractivity contribution < 1.29 is 0 Å². The normalized spacial score (nSPS) is 13.7. The van der Waals surface area contributed by atoms with Crippen molar-refractivity contribution in [2.75, 3.05) is 9.80 Å². The smallest absolute Gasteiger partial charge is 0.273 e. The monoisotopic (exact) mass is 968 g/mol. The fourth-order valence-corrected chi connectivity index (χ4v) is 13.0. The second-order valence-electron chi connectivity index (χ2n) is 24.7. The van der Waals surface area contributed by atoms with E-state index in [-0.39, 0.29) is 28.4 Å². The van der Waals surface area contributed by atoms with Crippen molar-refractivity contribution in [1.29, 1.82) is 0 Å². The zero-order chi connectivity index (χ0) is 50.9. The summed E-state index contributed by atoms with van der Waals surface area (Å²) in [5.74, 6) is 0. The molecule has 73 heavy (non-hydrogen) atoms. The van der Waals surface area contributed by atoms with Crippen LogP contribution < -0.4 is 26.3 Å². The van der Waals surface area contributed by atoms with E-state index in [1.807, 2.05) is 11.3 Å². The Balaban J connectivity index is 1.26. The molecule has 0 bridgehead atoms. The third-order valence-electron chi connectivity index (χ3n) is 15.6. The van der Waals surface area contributed by atoms with Gasteiger partial charge in [0.1, 0.15) is 0 Å². The van der Waals surface area contributed by atoms with E-state index in [9.17, 15) is 0 Å². The van der Waals surface area contributed by atoms with E-state index in [1.54, 1.807) is 0 Å². The van der Waals surface area contributed by atoms with Crippen molar-refractivity contribution in [3.63, 3.8) is 0 Å². The highest BCUT2D eigenvalue weighted by molar-refractivity contribution is 7.24. The summed E-state index contributed by atoms with van der Waals surface area (Å²) in [5.41, 5.74) is 22.5. The quantitative estimate of drug-likeness (QED) is 0.159. The number of rotatable bonds is 5. The Bertz CT molecular complexity index is 3740. The average molecular weight is 968 g/mol. The minimum Gasteiger partial charge on any atom is -0.319 e. The maximum Gasteiger partial charge on any atom is 0.273 e. The molecule has 0 spiro atoms. The Hall–Kier alpha value is -7.08. The molecule has 2 aliphatic heterocycles. The maximum atomic E-state index is 2.66. The number of benzene rings is 8. The van der Waals surface area contributed by atoms with E-state index in [0.717, 1.165) is 11.4 Å². The summed E-state index contributed by atoms with van der Waals surface area (Å²) < 4.78 is 3.95. The van der Waals surface area contributed by atoms with E-state index in [4.69, 9.17) is 0 Å². The highest BCUT2D eigenvalue weighted by Crippen LogP contribution is 2.53. The van der Waals surface area contributed by atoms with Crippen LogP contribution in [0.1, 0.15) is 105 Å². The predicted molar refractivity (Wildman–Crippen MR) is 318 cm³/mol. The van der Waals surface area contributed by atoms with Gasteiger partial charge in [0.05, 0.1) is 11.2 Å². The number of thiophene rings is 1. The molecule has 0 N–H and O–H groups in total. The molecule has 0 amide bonds. The summed E-state index contributed by atoms with van der Waals surface area (Å²) in [6.45, 7) is 27.7. The lowest BCUT2D eigenvalue weighted by molar-refractivity contribution is 0.590. The van der Waals surface area contributed by atoms with Crippen LogP contribution in [0, 0.1) is 0 Å². The Morgan fingerprint density at radius 2 is 0.890 bits per heavy atom. The highest BCUT2D eigenvalue weighted by Gasteiger charge is 2.47. The average Bonchev–Trinajstić information content (AvgIpc) is 3.93. The van der Waals surface area contributed by atoms with E-state index in [0.29, 0.717) is 0 Å². The lowest BCUT2D eigenvalue weighted by Gasteiger charge is -2.44. The van der Waals surface area contributed by atoms with Gasteiger partial charge in [0, 0.05) is 65.6 Å². The second-order valence-corrected chi connectivity index (χ2v) is 25.7. The number of nitrogens with zero attached hydrogens (tertiary/aromatic N) is 3. The molecular formula is C68H66BN3S. The van der Waals surface area contributed by atoms with Gasteiger partial charge in [-0.3, -0.25) is 0 Å². The molecule has 0 unspecified atom stereocenters. The van der Waals surface area contributed by atoms with Gasteiger partial charge >= 0.3 is 0 Å². The molecule has 2 aliphatic rings. The first kappa shape index (κ1) is 47.0. The Morgan fingerprint density at radius 1 is 0.411 bits per heavy atom. The van der Waals surface area contributed by atoms with Gasteiger partial charge in [-0.1, -0.05) is 204 Å². The Labute approximate surface area is 437 Å². The van der Waals surface area contributed by atoms with Crippen molar-refractivity contribution in [2.45, 2.75) is 105 Å². The summed E-state index contributed by atoms with van der Waals surface area (Å²) in [7, 11) is 0. The molecule has 12 rings (SSSR count). The number of fused-ring (bicyclic) bond motifs is 8. The predicted octanol–water partition coefficient (Wildman–Crippen LogP) is 17.5. The fourth-order valence-electron chi connectivity index (χ4n) is 11.6. The van der Waals surface area contributed by atoms with Crippen molar-refractivity contribution in [1.82, 2.24) is 4.57 Å². The first-order chi connectivity index (χ1) is 34.8. The molecule has 0 saturated heterocycles. The van der Waals surface area contributed by atoms with Crippen LogP contribution in [0.25, 0.3) is 48.2 Å². The summed E-state index contributed by atoms with van der Waals surface area (Å²) in [6, 6.07) is 69.7. The van der Waals surface area contributed by atoms with Gasteiger partial charge in [-0.05, 0) is 127 Å². The molecule has 4 heterocycles. The van der Waals surface area contributed by atoms with Crippen LogP contribution in [0.4, 0.5) is 34.1 Å². The molecule has 0 aliphatic carbocycles. The van der Waals surface area contributed by atoms with E-state index >= 15 is 0 Å². The molecule has 0 radical (unpaired) electrons. The molecule has 0 fully saturated rings. The van der Waals surface area contributed by atoms with Gasteiger partial charge in [-0.25, -0.2) is 0 Å². The van der Waals surface area contributed by atoms with E-state index in [1.165, 1.54) is 110 Å². The van der Waals surface area contributed by atoms with E-state index < -0.39 is 0 Å². The van der Waals surface area contributed by atoms with Crippen LogP contribution in [0.15, 0.2) is 182 Å². The molecule has 8 aromatic carbocycles. The first-order valence-electron chi connectivity index (χ1n) is 26.2. The molecule has 10 aromatic rings. The van der Waals surface area contributed by atoms with Gasteiger partial charge in [-0.2, -0.15) is 0 Å². The first-order valence-corrected chi connectivity index (χ1v) is 27.0. The number of anilines is 6. The van der Waals surface area contributed by atoms with Crippen molar-refractivity contribution in [2.24, 2.45) is 0 Å². The summed E-state index contributed by atoms with van der Waals surface area (Å²) >= 11 is 1.94. The minimum atomic E-state index is -0.111. The van der Waals surface area contributed by atoms with E-state index in [2.05, 4.69) is 279 Å². The van der Waals surface area contributed by atoms with Crippen LogP contribution >= 0.6 is 11.3 Å². The lowest BCUT2D eigenvalue weighted by Crippen LogP contribution is -2.63. The number of aromatic nitrogens is 1. The summed E-state index contributed by atoms with van der Waals surface area (Å²) in [6.07, 6.45) is 0. The van der Waals surface area contributed by atoms with Gasteiger partial charge in [0.15, 0.2) is 0 Å². The van der Waals surface area contributed by atoms with Crippen LogP contribution in [-0.2, 0) is 21.7 Å². The van der Waals surface area contributed by atoms with Crippen LogP contribution in [0.3, 0.4) is 0 Å². The standard InChI is InChI=1S/C68H66BN3S/c1-65(2,3)45-26-33-49(34-27-45)70-54-40-32-48(68(10,11)12)42-53(54)69-60-56(70)24-19-25-57(60)71(50-35-28-46(29-36-50)66(4,5)6)61-59-55(72(64(61)69)51-37-30-47(31-38-51)67(7,8)9)41-39-52-58(43-20-15-13-16-21-43)62(73-63(52)59)44-22-17-14-18-23-44/h13-42H,1-12H3. The lowest BCUT2D eigenvalue weighted by atomic mass is 9.34. The molecular weight excluding hydrogens is 902 g/mol. The maximum absolute atomic E-state index is 2.66. The molecule has 0 saturated carbocycles. The molecule has 3 nitrogen and oxygen atoms in total. The van der Waals surface area contributed by atoms with Crippen molar-refractivity contribution >= 4 is 89.7 Å². The Kier molecular flexibility index (Phi) is 10.8. The summed E-state index contributed by atoms with van der Waals surface area (Å²) in [4.78, 5) is 6.48. The molecule has 362 valence electrons.